The first kappa shape index (κ1) is 20.6. The van der Waals surface area contributed by atoms with Gasteiger partial charge in [-0.1, -0.05) is 27.5 Å². The minimum atomic E-state index is -1.15. The number of methoxy groups -OCH3 is 1. The van der Waals surface area contributed by atoms with Gasteiger partial charge in [0.25, 0.3) is 5.91 Å². The minimum Gasteiger partial charge on any atom is -0.495 e. The van der Waals surface area contributed by atoms with E-state index in [9.17, 15) is 14.7 Å². The zero-order chi connectivity index (χ0) is 19.4. The van der Waals surface area contributed by atoms with Crippen molar-refractivity contribution in [2.24, 2.45) is 0 Å². The molecule has 6 nitrogen and oxygen atoms in total. The van der Waals surface area contributed by atoms with Crippen LogP contribution in [0.15, 0.2) is 39.3 Å². The topological polar surface area (TPSA) is 87.7 Å². The molecule has 2 aromatic rings. The molecule has 0 saturated heterocycles. The van der Waals surface area contributed by atoms with Crippen LogP contribution in [0.2, 0.25) is 5.02 Å². The van der Waals surface area contributed by atoms with Gasteiger partial charge in [0.1, 0.15) is 5.75 Å². The molecule has 0 bridgehead atoms. The van der Waals surface area contributed by atoms with Crippen LogP contribution in [-0.2, 0) is 0 Å². The van der Waals surface area contributed by atoms with Gasteiger partial charge >= 0.3 is 5.97 Å². The smallest absolute Gasteiger partial charge is 0.337 e. The van der Waals surface area contributed by atoms with E-state index in [0.717, 1.165) is 0 Å². The number of carboxylic acids is 1. The molecule has 2 aromatic carbocycles. The molecule has 0 atom stereocenters. The van der Waals surface area contributed by atoms with E-state index in [0.29, 0.717) is 14.7 Å². The molecule has 0 radical (unpaired) electrons. The lowest BCUT2D eigenvalue weighted by atomic mass is 10.2. The number of ether oxygens (including phenoxy) is 1. The van der Waals surface area contributed by atoms with E-state index in [-0.39, 0.29) is 26.9 Å². The third kappa shape index (κ3) is 4.94. The van der Waals surface area contributed by atoms with Crippen LogP contribution >= 0.6 is 55.7 Å². The summed E-state index contributed by atoms with van der Waals surface area (Å²) in [5.74, 6) is -1.21. The lowest BCUT2D eigenvalue weighted by Gasteiger charge is -2.14. The molecule has 0 fully saturated rings. The highest BCUT2D eigenvalue weighted by Crippen LogP contribution is 2.31. The van der Waals surface area contributed by atoms with E-state index in [4.69, 9.17) is 28.6 Å². The fourth-order valence-electron chi connectivity index (χ4n) is 2.00. The van der Waals surface area contributed by atoms with Crippen molar-refractivity contribution in [1.29, 1.82) is 0 Å². The van der Waals surface area contributed by atoms with Gasteiger partial charge < -0.3 is 15.2 Å². The summed E-state index contributed by atoms with van der Waals surface area (Å²) < 4.78 is 6.08. The number of carbonyl (C=O) groups excluding carboxylic acids is 1. The summed E-state index contributed by atoms with van der Waals surface area (Å²) in [5, 5.41) is 14.7. The number of benzene rings is 2. The van der Waals surface area contributed by atoms with E-state index >= 15 is 0 Å². The normalized spacial score (nSPS) is 10.2. The molecule has 10 heteroatoms. The van der Waals surface area contributed by atoms with Gasteiger partial charge in [0, 0.05) is 14.5 Å². The van der Waals surface area contributed by atoms with Crippen molar-refractivity contribution in [2.45, 2.75) is 0 Å². The van der Waals surface area contributed by atoms with Gasteiger partial charge in [-0.2, -0.15) is 0 Å². The van der Waals surface area contributed by atoms with Crippen LogP contribution in [0.4, 0.5) is 5.69 Å². The van der Waals surface area contributed by atoms with Crippen LogP contribution in [0, 0.1) is 0 Å². The zero-order valence-corrected chi connectivity index (χ0v) is 17.8. The molecule has 0 aliphatic carbocycles. The number of anilines is 1. The van der Waals surface area contributed by atoms with Crippen molar-refractivity contribution in [3.63, 3.8) is 0 Å². The molecule has 0 aromatic heterocycles. The SMILES string of the molecule is COc1ccc(C(=O)NC(=S)Nc2c(Br)cc(Br)cc2C(=O)O)cc1Cl. The molecule has 0 saturated carbocycles. The van der Waals surface area contributed by atoms with Crippen LogP contribution in [0.25, 0.3) is 0 Å². The maximum Gasteiger partial charge on any atom is 0.337 e. The Morgan fingerprint density at radius 3 is 2.50 bits per heavy atom. The quantitative estimate of drug-likeness (QED) is 0.505. The number of thiocarbonyl (C=S) groups is 1. The first-order valence-corrected chi connectivity index (χ1v) is 9.28. The van der Waals surface area contributed by atoms with Crippen molar-refractivity contribution in [3.05, 3.63) is 55.4 Å². The molecular weight excluding hydrogens is 512 g/mol. The molecule has 3 N–H and O–H groups in total. The second-order valence-corrected chi connectivity index (χ2v) is 7.46. The monoisotopic (exact) mass is 520 g/mol. The Bertz CT molecular complexity index is 908. The maximum atomic E-state index is 12.3. The summed E-state index contributed by atoms with van der Waals surface area (Å²) in [6.07, 6.45) is 0. The molecule has 0 unspecified atom stereocenters. The largest absolute Gasteiger partial charge is 0.495 e. The standard InChI is InChI=1S/C16H11Br2ClN2O4S/c1-25-12-3-2-7(4-11(12)19)14(22)21-16(26)20-13-9(15(23)24)5-8(17)6-10(13)18/h2-6H,1H3,(H,23,24)(H2,20,21,22,26). The lowest BCUT2D eigenvalue weighted by molar-refractivity contribution is 0.0697. The second kappa shape index (κ2) is 8.81. The number of aromatic carboxylic acids is 1. The summed E-state index contributed by atoms with van der Waals surface area (Å²) in [6.45, 7) is 0. The molecule has 0 heterocycles. The molecule has 26 heavy (non-hydrogen) atoms. The first-order valence-electron chi connectivity index (χ1n) is 6.91. The molecule has 136 valence electrons. The molecule has 2 rings (SSSR count). The van der Waals surface area contributed by atoms with E-state index in [1.165, 1.54) is 25.3 Å². The van der Waals surface area contributed by atoms with Crippen LogP contribution in [0.5, 0.6) is 5.75 Å². The molecule has 0 aliphatic heterocycles. The van der Waals surface area contributed by atoms with Gasteiger partial charge in [0.2, 0.25) is 0 Å². The van der Waals surface area contributed by atoms with E-state index in [2.05, 4.69) is 42.5 Å². The highest BCUT2D eigenvalue weighted by atomic mass is 79.9. The number of halogens is 3. The zero-order valence-electron chi connectivity index (χ0n) is 13.1. The third-order valence-electron chi connectivity index (χ3n) is 3.16. The number of nitrogens with one attached hydrogen (secondary N) is 2. The average molecular weight is 523 g/mol. The Balaban J connectivity index is 2.18. The van der Waals surface area contributed by atoms with Crippen molar-refractivity contribution in [2.75, 3.05) is 12.4 Å². The highest BCUT2D eigenvalue weighted by Gasteiger charge is 2.17. The lowest BCUT2D eigenvalue weighted by Crippen LogP contribution is -2.34. The van der Waals surface area contributed by atoms with Gasteiger partial charge in [-0.15, -0.1) is 0 Å². The third-order valence-corrected chi connectivity index (χ3v) is 4.75. The number of carboxylic acid groups (broad SMARTS) is 1. The number of rotatable bonds is 4. The Kier molecular flexibility index (Phi) is 6.99. The molecule has 0 aliphatic rings. The summed E-state index contributed by atoms with van der Waals surface area (Å²) in [6, 6.07) is 7.60. The Morgan fingerprint density at radius 2 is 1.92 bits per heavy atom. The Morgan fingerprint density at radius 1 is 1.23 bits per heavy atom. The van der Waals surface area contributed by atoms with E-state index in [1.54, 1.807) is 12.1 Å². The Hall–Kier alpha value is -1.68. The van der Waals surface area contributed by atoms with Crippen LogP contribution in [0.1, 0.15) is 20.7 Å². The van der Waals surface area contributed by atoms with Crippen molar-refractivity contribution >= 4 is 78.4 Å². The molecular formula is C16H11Br2ClN2O4S. The van der Waals surface area contributed by atoms with Crippen molar-refractivity contribution < 1.29 is 19.4 Å². The summed E-state index contributed by atoms with van der Waals surface area (Å²) in [4.78, 5) is 23.7. The predicted molar refractivity (Wildman–Crippen MR) is 110 cm³/mol. The number of hydrogen-bond acceptors (Lipinski definition) is 4. The van der Waals surface area contributed by atoms with Crippen LogP contribution in [-0.4, -0.2) is 29.2 Å². The number of hydrogen-bond donors (Lipinski definition) is 3. The maximum absolute atomic E-state index is 12.3. The number of carbonyl (C=O) groups is 2. The predicted octanol–water partition coefficient (Wildman–Crippen LogP) is 4.70. The van der Waals surface area contributed by atoms with Crippen molar-refractivity contribution in [1.82, 2.24) is 5.32 Å². The Labute approximate surface area is 176 Å². The summed E-state index contributed by atoms with van der Waals surface area (Å²) in [5.41, 5.74) is 0.474. The van der Waals surface area contributed by atoms with Gasteiger partial charge in [-0.3, -0.25) is 10.1 Å². The summed E-state index contributed by atoms with van der Waals surface area (Å²) >= 11 is 17.6. The van der Waals surface area contributed by atoms with Crippen LogP contribution in [0.3, 0.4) is 0 Å². The van der Waals surface area contributed by atoms with E-state index in [1.807, 2.05) is 0 Å². The fraction of sp³-hybridized carbons (Fsp3) is 0.0625. The van der Waals surface area contributed by atoms with Gasteiger partial charge in [0.05, 0.1) is 23.4 Å². The summed E-state index contributed by atoms with van der Waals surface area (Å²) in [7, 11) is 1.47. The average Bonchev–Trinajstić information content (AvgIpc) is 2.56. The van der Waals surface area contributed by atoms with Gasteiger partial charge in [-0.25, -0.2) is 4.79 Å². The molecule has 1 amide bonds. The number of amides is 1. The minimum absolute atomic E-state index is 0.0182. The van der Waals surface area contributed by atoms with Gasteiger partial charge in [0.15, 0.2) is 5.11 Å². The highest BCUT2D eigenvalue weighted by molar-refractivity contribution is 9.11. The fourth-order valence-corrected chi connectivity index (χ4v) is 3.77. The van der Waals surface area contributed by atoms with E-state index < -0.39 is 11.9 Å². The van der Waals surface area contributed by atoms with Crippen molar-refractivity contribution in [3.8, 4) is 5.75 Å². The molecule has 0 spiro atoms. The van der Waals surface area contributed by atoms with Crippen LogP contribution < -0.4 is 15.4 Å². The first-order chi connectivity index (χ1) is 12.2. The van der Waals surface area contributed by atoms with Gasteiger partial charge in [-0.05, 0) is 58.5 Å². The second-order valence-electron chi connectivity index (χ2n) is 4.87.